The molecule has 1 saturated carbocycles. The van der Waals surface area contributed by atoms with Crippen LogP contribution in [-0.2, 0) is 6.54 Å². The zero-order valence-electron chi connectivity index (χ0n) is 9.16. The van der Waals surface area contributed by atoms with Crippen molar-refractivity contribution >= 4 is 12.2 Å². The van der Waals surface area contributed by atoms with Crippen molar-refractivity contribution in [2.45, 2.75) is 34.2 Å². The molecule has 4 heteroatoms. The van der Waals surface area contributed by atoms with E-state index in [0.29, 0.717) is 16.7 Å². The molecule has 3 nitrogen and oxygen atoms in total. The van der Waals surface area contributed by atoms with Gasteiger partial charge in [0.05, 0.1) is 0 Å². The Kier molecular flexibility index (Phi) is 1.90. The normalized spacial score (nSPS) is 23.7. The van der Waals surface area contributed by atoms with Crippen molar-refractivity contribution < 1.29 is 0 Å². The van der Waals surface area contributed by atoms with Crippen molar-refractivity contribution in [1.29, 1.82) is 0 Å². The zero-order chi connectivity index (χ0) is 10.6. The molecular weight excluding hydrogens is 194 g/mol. The first-order valence-corrected chi connectivity index (χ1v) is 5.38. The Bertz CT molecular complexity index is 385. The molecule has 14 heavy (non-hydrogen) atoms. The molecule has 1 fully saturated rings. The van der Waals surface area contributed by atoms with Crippen molar-refractivity contribution in [1.82, 2.24) is 14.8 Å². The Hall–Kier alpha value is -0.640. The van der Waals surface area contributed by atoms with Crippen LogP contribution < -0.4 is 0 Å². The van der Waals surface area contributed by atoms with Gasteiger partial charge in [-0.25, -0.2) is 0 Å². The Balaban J connectivity index is 2.17. The minimum atomic E-state index is 0.416. The topological polar surface area (TPSA) is 33.6 Å². The van der Waals surface area contributed by atoms with Crippen LogP contribution in [0.25, 0.3) is 0 Å². The molecule has 1 aromatic heterocycles. The molecular formula is C10H17N3S. The van der Waals surface area contributed by atoms with Gasteiger partial charge in [0.2, 0.25) is 0 Å². The van der Waals surface area contributed by atoms with E-state index in [2.05, 4.69) is 37.9 Å². The van der Waals surface area contributed by atoms with Crippen LogP contribution in [0.1, 0.15) is 27.7 Å². The fraction of sp³-hybridized carbons (Fsp3) is 0.800. The van der Waals surface area contributed by atoms with Gasteiger partial charge in [-0.2, -0.15) is 5.10 Å². The Morgan fingerprint density at radius 2 is 2.00 bits per heavy atom. The van der Waals surface area contributed by atoms with E-state index in [1.807, 2.05) is 4.57 Å². The molecule has 0 saturated heterocycles. The first-order valence-electron chi connectivity index (χ1n) is 4.97. The molecule has 0 aromatic carbocycles. The van der Waals surface area contributed by atoms with E-state index in [9.17, 15) is 0 Å². The second-order valence-electron chi connectivity index (χ2n) is 5.31. The number of hydrogen-bond donors (Lipinski definition) is 1. The standard InChI is InChI=1S/C10H17N3S/c1-9(2)7(10(9,3)4)5-13-6-11-12-8(13)14/h6-7H,5H2,1-4H3,(H,12,14). The zero-order valence-corrected chi connectivity index (χ0v) is 9.98. The van der Waals surface area contributed by atoms with Crippen LogP contribution in [0.5, 0.6) is 0 Å². The first kappa shape index (κ1) is 9.90. The summed E-state index contributed by atoms with van der Waals surface area (Å²) in [4.78, 5) is 0. The highest BCUT2D eigenvalue weighted by atomic mass is 32.1. The molecule has 0 radical (unpaired) electrons. The predicted octanol–water partition coefficient (Wildman–Crippen LogP) is 2.62. The van der Waals surface area contributed by atoms with Crippen LogP contribution >= 0.6 is 12.2 Å². The van der Waals surface area contributed by atoms with Gasteiger partial charge in [-0.15, -0.1) is 0 Å². The minimum Gasteiger partial charge on any atom is -0.306 e. The summed E-state index contributed by atoms with van der Waals surface area (Å²) < 4.78 is 2.75. The number of rotatable bonds is 2. The van der Waals surface area contributed by atoms with Gasteiger partial charge < -0.3 is 4.57 Å². The lowest BCUT2D eigenvalue weighted by Gasteiger charge is -2.04. The third-order valence-corrected chi connectivity index (χ3v) is 4.64. The lowest BCUT2D eigenvalue weighted by atomic mass is 10.0. The summed E-state index contributed by atoms with van der Waals surface area (Å²) in [6.45, 7) is 10.3. The number of aromatic amines is 1. The number of aromatic nitrogens is 3. The maximum absolute atomic E-state index is 5.13. The van der Waals surface area contributed by atoms with Crippen LogP contribution in [0, 0.1) is 21.5 Å². The lowest BCUT2D eigenvalue weighted by Crippen LogP contribution is -2.03. The van der Waals surface area contributed by atoms with Crippen LogP contribution in [0.2, 0.25) is 0 Å². The van der Waals surface area contributed by atoms with Gasteiger partial charge in [0.15, 0.2) is 4.77 Å². The van der Waals surface area contributed by atoms with E-state index in [0.717, 1.165) is 11.3 Å². The Labute approximate surface area is 89.5 Å². The van der Waals surface area contributed by atoms with E-state index in [4.69, 9.17) is 12.2 Å². The van der Waals surface area contributed by atoms with Gasteiger partial charge in [0.1, 0.15) is 6.33 Å². The minimum absolute atomic E-state index is 0.416. The van der Waals surface area contributed by atoms with Gasteiger partial charge in [0, 0.05) is 6.54 Å². The van der Waals surface area contributed by atoms with E-state index < -0.39 is 0 Å². The molecule has 1 aromatic rings. The van der Waals surface area contributed by atoms with Gasteiger partial charge in [-0.1, -0.05) is 27.7 Å². The summed E-state index contributed by atoms with van der Waals surface area (Å²) in [6, 6.07) is 0. The van der Waals surface area contributed by atoms with E-state index in [1.165, 1.54) is 0 Å². The van der Waals surface area contributed by atoms with E-state index >= 15 is 0 Å². The number of nitrogens with one attached hydrogen (secondary N) is 1. The predicted molar refractivity (Wildman–Crippen MR) is 58.5 cm³/mol. The van der Waals surface area contributed by atoms with Crippen LogP contribution in [0.4, 0.5) is 0 Å². The second kappa shape index (κ2) is 2.69. The average Bonchev–Trinajstić information content (AvgIpc) is 2.46. The van der Waals surface area contributed by atoms with Crippen molar-refractivity contribution in [2.24, 2.45) is 16.7 Å². The van der Waals surface area contributed by atoms with Gasteiger partial charge in [-0.3, -0.25) is 5.10 Å². The Morgan fingerprint density at radius 3 is 2.36 bits per heavy atom. The largest absolute Gasteiger partial charge is 0.306 e. The average molecular weight is 211 g/mol. The van der Waals surface area contributed by atoms with E-state index in [1.54, 1.807) is 6.33 Å². The van der Waals surface area contributed by atoms with Gasteiger partial charge in [-0.05, 0) is 29.0 Å². The highest BCUT2D eigenvalue weighted by Crippen LogP contribution is 2.68. The second-order valence-corrected chi connectivity index (χ2v) is 5.70. The highest BCUT2D eigenvalue weighted by Gasteiger charge is 2.64. The highest BCUT2D eigenvalue weighted by molar-refractivity contribution is 7.71. The Morgan fingerprint density at radius 1 is 1.43 bits per heavy atom. The quantitative estimate of drug-likeness (QED) is 0.763. The maximum Gasteiger partial charge on any atom is 0.194 e. The maximum atomic E-state index is 5.13. The van der Waals surface area contributed by atoms with Crippen molar-refractivity contribution in [3.63, 3.8) is 0 Å². The fourth-order valence-corrected chi connectivity index (χ4v) is 2.56. The fourth-order valence-electron chi connectivity index (χ4n) is 2.39. The number of H-pyrrole nitrogens is 1. The molecule has 0 amide bonds. The molecule has 0 aliphatic heterocycles. The molecule has 0 spiro atoms. The summed E-state index contributed by atoms with van der Waals surface area (Å²) >= 11 is 5.13. The molecule has 1 heterocycles. The van der Waals surface area contributed by atoms with Crippen molar-refractivity contribution in [3.05, 3.63) is 11.1 Å². The molecule has 1 aliphatic rings. The van der Waals surface area contributed by atoms with Crippen LogP contribution in [0.15, 0.2) is 6.33 Å². The summed E-state index contributed by atoms with van der Waals surface area (Å²) in [5.74, 6) is 0.694. The van der Waals surface area contributed by atoms with Gasteiger partial charge in [0.25, 0.3) is 0 Å². The molecule has 1 aliphatic carbocycles. The molecule has 2 rings (SSSR count). The summed E-state index contributed by atoms with van der Waals surface area (Å²) in [5.41, 5.74) is 0.831. The monoisotopic (exact) mass is 211 g/mol. The summed E-state index contributed by atoms with van der Waals surface area (Å²) in [7, 11) is 0. The molecule has 0 atom stereocenters. The van der Waals surface area contributed by atoms with Crippen molar-refractivity contribution in [2.75, 3.05) is 0 Å². The molecule has 0 unspecified atom stereocenters. The summed E-state index contributed by atoms with van der Waals surface area (Å²) in [6.07, 6.45) is 1.78. The summed E-state index contributed by atoms with van der Waals surface area (Å²) in [5, 5.41) is 6.72. The van der Waals surface area contributed by atoms with E-state index in [-0.39, 0.29) is 0 Å². The van der Waals surface area contributed by atoms with Crippen molar-refractivity contribution in [3.8, 4) is 0 Å². The molecule has 0 bridgehead atoms. The third kappa shape index (κ3) is 1.16. The third-order valence-electron chi connectivity index (χ3n) is 4.32. The SMILES string of the molecule is CC1(C)C(Cn2cn[nH]c2=S)C1(C)C. The van der Waals surface area contributed by atoms with Gasteiger partial charge >= 0.3 is 0 Å². The first-order chi connectivity index (χ1) is 6.37. The van der Waals surface area contributed by atoms with Crippen LogP contribution in [-0.4, -0.2) is 14.8 Å². The molecule has 78 valence electrons. The number of nitrogens with zero attached hydrogens (tertiary/aromatic N) is 2. The van der Waals surface area contributed by atoms with Crippen LogP contribution in [0.3, 0.4) is 0 Å². The smallest absolute Gasteiger partial charge is 0.194 e. The molecule has 1 N–H and O–H groups in total. The number of hydrogen-bond acceptors (Lipinski definition) is 2. The lowest BCUT2D eigenvalue weighted by molar-refractivity contribution is 0.457.